The molecule has 18 heavy (non-hydrogen) atoms. The van der Waals surface area contributed by atoms with Gasteiger partial charge in [-0.15, -0.1) is 0 Å². The summed E-state index contributed by atoms with van der Waals surface area (Å²) >= 11 is 0. The molecule has 4 nitrogen and oxygen atoms in total. The molecular weight excluding hydrogens is 228 g/mol. The highest BCUT2D eigenvalue weighted by atomic mass is 16.5. The van der Waals surface area contributed by atoms with Crippen molar-refractivity contribution in [2.45, 2.75) is 20.5 Å². The van der Waals surface area contributed by atoms with E-state index in [4.69, 9.17) is 4.52 Å². The van der Waals surface area contributed by atoms with Gasteiger partial charge in [-0.1, -0.05) is 23.4 Å². The molecule has 3 aromatic rings. The Balaban J connectivity index is 2.36. The Morgan fingerprint density at radius 2 is 2.06 bits per heavy atom. The standard InChI is InChI=1S/C14H14N2O2/c1-9-14(10(2)18-15-9)16-7-11(8-17)12-5-3-4-6-13(12)16/h3-7,17H,8H2,1-2H3. The molecule has 0 unspecified atom stereocenters. The second-order valence-corrected chi connectivity index (χ2v) is 4.37. The van der Waals surface area contributed by atoms with E-state index in [0.717, 1.165) is 33.6 Å². The molecule has 0 spiro atoms. The van der Waals surface area contributed by atoms with Crippen molar-refractivity contribution in [3.05, 3.63) is 47.5 Å². The fraction of sp³-hybridized carbons (Fsp3) is 0.214. The molecule has 1 N–H and O–H groups in total. The molecule has 0 atom stereocenters. The maximum atomic E-state index is 9.43. The van der Waals surface area contributed by atoms with Gasteiger partial charge in [-0.2, -0.15) is 0 Å². The first kappa shape index (κ1) is 11.0. The summed E-state index contributed by atoms with van der Waals surface area (Å²) in [5.41, 5.74) is 3.75. The normalized spacial score (nSPS) is 11.3. The molecule has 0 aliphatic heterocycles. The quantitative estimate of drug-likeness (QED) is 0.751. The zero-order chi connectivity index (χ0) is 12.7. The molecule has 92 valence electrons. The van der Waals surface area contributed by atoms with Crippen molar-refractivity contribution < 1.29 is 9.63 Å². The summed E-state index contributed by atoms with van der Waals surface area (Å²) in [5, 5.41) is 14.5. The third kappa shape index (κ3) is 1.46. The van der Waals surface area contributed by atoms with Crippen LogP contribution in [0.4, 0.5) is 0 Å². The Morgan fingerprint density at radius 3 is 2.72 bits per heavy atom. The summed E-state index contributed by atoms with van der Waals surface area (Å²) in [6.45, 7) is 3.83. The van der Waals surface area contributed by atoms with Crippen LogP contribution in [0.25, 0.3) is 16.6 Å². The maximum absolute atomic E-state index is 9.43. The maximum Gasteiger partial charge on any atom is 0.157 e. The van der Waals surface area contributed by atoms with Crippen molar-refractivity contribution >= 4 is 10.9 Å². The van der Waals surface area contributed by atoms with Crippen molar-refractivity contribution in [3.63, 3.8) is 0 Å². The molecule has 2 heterocycles. The zero-order valence-electron chi connectivity index (χ0n) is 10.3. The van der Waals surface area contributed by atoms with Crippen LogP contribution in [0.2, 0.25) is 0 Å². The summed E-state index contributed by atoms with van der Waals surface area (Å²) in [5.74, 6) is 0.776. The lowest BCUT2D eigenvalue weighted by Gasteiger charge is -2.03. The Labute approximate surface area is 104 Å². The van der Waals surface area contributed by atoms with E-state index < -0.39 is 0 Å². The van der Waals surface area contributed by atoms with Crippen LogP contribution in [0, 0.1) is 13.8 Å². The van der Waals surface area contributed by atoms with Gasteiger partial charge in [0.15, 0.2) is 5.76 Å². The summed E-state index contributed by atoms with van der Waals surface area (Å²) in [4.78, 5) is 0. The van der Waals surface area contributed by atoms with Gasteiger partial charge in [0.2, 0.25) is 0 Å². The van der Waals surface area contributed by atoms with Gasteiger partial charge in [0.1, 0.15) is 11.4 Å². The molecular formula is C14H14N2O2. The first-order valence-electron chi connectivity index (χ1n) is 5.85. The van der Waals surface area contributed by atoms with E-state index >= 15 is 0 Å². The number of aliphatic hydroxyl groups excluding tert-OH is 1. The Kier molecular flexibility index (Phi) is 2.45. The van der Waals surface area contributed by atoms with Gasteiger partial charge in [-0.05, 0) is 19.9 Å². The molecule has 0 aliphatic rings. The van der Waals surface area contributed by atoms with E-state index in [1.54, 1.807) is 0 Å². The number of nitrogens with zero attached hydrogens (tertiary/aromatic N) is 2. The monoisotopic (exact) mass is 242 g/mol. The van der Waals surface area contributed by atoms with Crippen molar-refractivity contribution in [2.75, 3.05) is 0 Å². The second kappa shape index (κ2) is 3.99. The second-order valence-electron chi connectivity index (χ2n) is 4.37. The number of hydrogen-bond acceptors (Lipinski definition) is 3. The van der Waals surface area contributed by atoms with Crippen molar-refractivity contribution in [1.82, 2.24) is 9.72 Å². The lowest BCUT2D eigenvalue weighted by atomic mass is 10.2. The van der Waals surface area contributed by atoms with E-state index in [1.807, 2.05) is 48.9 Å². The summed E-state index contributed by atoms with van der Waals surface area (Å²) in [6, 6.07) is 7.99. The number of para-hydroxylation sites is 1. The van der Waals surface area contributed by atoms with E-state index in [0.29, 0.717) is 0 Å². The number of benzene rings is 1. The molecule has 1 aromatic carbocycles. The van der Waals surface area contributed by atoms with Gasteiger partial charge in [0.25, 0.3) is 0 Å². The first-order valence-corrected chi connectivity index (χ1v) is 5.85. The number of aromatic nitrogens is 2. The van der Waals surface area contributed by atoms with Gasteiger partial charge < -0.3 is 14.2 Å². The van der Waals surface area contributed by atoms with Gasteiger partial charge in [-0.25, -0.2) is 0 Å². The SMILES string of the molecule is Cc1noc(C)c1-n1cc(CO)c2ccccc21. The van der Waals surface area contributed by atoms with Crippen LogP contribution in [0.15, 0.2) is 35.0 Å². The van der Waals surface area contributed by atoms with Crippen molar-refractivity contribution in [1.29, 1.82) is 0 Å². The van der Waals surface area contributed by atoms with Crippen LogP contribution in [0.1, 0.15) is 17.0 Å². The van der Waals surface area contributed by atoms with Gasteiger partial charge in [0, 0.05) is 17.1 Å². The van der Waals surface area contributed by atoms with Crippen molar-refractivity contribution in [2.24, 2.45) is 0 Å². The van der Waals surface area contributed by atoms with E-state index in [9.17, 15) is 5.11 Å². The minimum Gasteiger partial charge on any atom is -0.392 e. The minimum atomic E-state index is 0.0247. The summed E-state index contributed by atoms with van der Waals surface area (Å²) in [7, 11) is 0. The highest BCUT2D eigenvalue weighted by molar-refractivity contribution is 5.85. The zero-order valence-corrected chi connectivity index (χ0v) is 10.3. The molecule has 2 aromatic heterocycles. The lowest BCUT2D eigenvalue weighted by Crippen LogP contribution is -1.94. The third-order valence-corrected chi connectivity index (χ3v) is 3.20. The first-order chi connectivity index (χ1) is 8.72. The Hall–Kier alpha value is -2.07. The van der Waals surface area contributed by atoms with Crippen LogP contribution in [0.3, 0.4) is 0 Å². The molecule has 0 saturated heterocycles. The molecule has 0 amide bonds. The summed E-state index contributed by atoms with van der Waals surface area (Å²) in [6.07, 6.45) is 1.94. The Bertz CT molecular complexity index is 690. The van der Waals surface area contributed by atoms with E-state index in [2.05, 4.69) is 5.16 Å². The minimum absolute atomic E-state index is 0.0247. The molecule has 0 radical (unpaired) electrons. The highest BCUT2D eigenvalue weighted by Gasteiger charge is 2.15. The average molecular weight is 242 g/mol. The number of aryl methyl sites for hydroxylation is 2. The third-order valence-electron chi connectivity index (χ3n) is 3.20. The molecule has 4 heteroatoms. The highest BCUT2D eigenvalue weighted by Crippen LogP contribution is 2.28. The predicted molar refractivity (Wildman–Crippen MR) is 68.7 cm³/mol. The van der Waals surface area contributed by atoms with Crippen molar-refractivity contribution in [3.8, 4) is 5.69 Å². The number of fused-ring (bicyclic) bond motifs is 1. The largest absolute Gasteiger partial charge is 0.392 e. The van der Waals surface area contributed by atoms with E-state index in [1.165, 1.54) is 0 Å². The smallest absolute Gasteiger partial charge is 0.157 e. The molecule has 0 saturated carbocycles. The van der Waals surface area contributed by atoms with Gasteiger partial charge >= 0.3 is 0 Å². The average Bonchev–Trinajstić information content (AvgIpc) is 2.90. The van der Waals surface area contributed by atoms with E-state index in [-0.39, 0.29) is 6.61 Å². The van der Waals surface area contributed by atoms with Crippen LogP contribution in [-0.4, -0.2) is 14.8 Å². The van der Waals surface area contributed by atoms with Crippen LogP contribution in [-0.2, 0) is 6.61 Å². The fourth-order valence-corrected chi connectivity index (χ4v) is 2.38. The fourth-order valence-electron chi connectivity index (χ4n) is 2.38. The van der Waals surface area contributed by atoms with Crippen LogP contribution < -0.4 is 0 Å². The molecule has 0 bridgehead atoms. The summed E-state index contributed by atoms with van der Waals surface area (Å²) < 4.78 is 7.24. The van der Waals surface area contributed by atoms with Crippen LogP contribution in [0.5, 0.6) is 0 Å². The Morgan fingerprint density at radius 1 is 1.28 bits per heavy atom. The molecule has 3 rings (SSSR count). The lowest BCUT2D eigenvalue weighted by molar-refractivity contribution is 0.283. The van der Waals surface area contributed by atoms with Crippen LogP contribution >= 0.6 is 0 Å². The topological polar surface area (TPSA) is 51.2 Å². The number of hydrogen-bond donors (Lipinski definition) is 1. The number of aliphatic hydroxyl groups is 1. The van der Waals surface area contributed by atoms with Gasteiger partial charge in [0.05, 0.1) is 12.1 Å². The van der Waals surface area contributed by atoms with Gasteiger partial charge in [-0.3, -0.25) is 0 Å². The molecule has 0 aliphatic carbocycles. The predicted octanol–water partition coefficient (Wildman–Crippen LogP) is 2.73. The number of rotatable bonds is 2. The molecule has 0 fully saturated rings.